The van der Waals surface area contributed by atoms with E-state index in [-0.39, 0.29) is 24.6 Å². The molecule has 3 rings (SSSR count). The van der Waals surface area contributed by atoms with Crippen molar-refractivity contribution in [3.05, 3.63) is 89.7 Å². The third-order valence-electron chi connectivity index (χ3n) is 5.40. The number of carboxylic acid groups (broad SMARTS) is 1. The van der Waals surface area contributed by atoms with Gasteiger partial charge in [-0.05, 0) is 23.3 Å². The number of ether oxygens (including phenoxy) is 1. The summed E-state index contributed by atoms with van der Waals surface area (Å²) in [5, 5.41) is 18.9. The molecule has 0 saturated heterocycles. The molecule has 2 aromatic carbocycles. The van der Waals surface area contributed by atoms with E-state index in [9.17, 15) is 18.3 Å². The van der Waals surface area contributed by atoms with Crippen LogP contribution in [0.2, 0.25) is 0 Å². The molecule has 0 aliphatic rings. The molecule has 0 spiro atoms. The van der Waals surface area contributed by atoms with E-state index in [0.29, 0.717) is 16.9 Å². The highest BCUT2D eigenvalue weighted by Crippen LogP contribution is 2.32. The van der Waals surface area contributed by atoms with Crippen LogP contribution in [0.1, 0.15) is 30.5 Å². The molecule has 0 aliphatic carbocycles. The average molecular weight is 485 g/mol. The van der Waals surface area contributed by atoms with E-state index >= 15 is 0 Å². The van der Waals surface area contributed by atoms with Crippen molar-refractivity contribution in [2.24, 2.45) is 0 Å². The van der Waals surface area contributed by atoms with E-state index in [1.807, 2.05) is 30.3 Å². The van der Waals surface area contributed by atoms with Crippen LogP contribution in [0.15, 0.2) is 78.0 Å². The normalized spacial score (nSPS) is 12.0. The number of hydrogen-bond acceptors (Lipinski definition) is 6. The highest BCUT2D eigenvalue weighted by atomic mass is 32.2. The number of sulfonamides is 1. The number of para-hydroxylation sites is 1. The summed E-state index contributed by atoms with van der Waals surface area (Å²) < 4.78 is 34.6. The Kier molecular flexibility index (Phi) is 8.03. The molecule has 0 radical (unpaired) electrons. The van der Waals surface area contributed by atoms with Crippen molar-refractivity contribution in [2.45, 2.75) is 37.2 Å². The van der Waals surface area contributed by atoms with Crippen LogP contribution in [0, 0.1) is 0 Å². The predicted octanol–water partition coefficient (Wildman–Crippen LogP) is 3.21. The molecule has 3 aromatic rings. The quantitative estimate of drug-likeness (QED) is 0.429. The molecule has 0 atom stereocenters. The summed E-state index contributed by atoms with van der Waals surface area (Å²) in [6, 6.07) is 17.5. The fourth-order valence-electron chi connectivity index (χ4n) is 3.49. The van der Waals surface area contributed by atoms with Gasteiger partial charge in [-0.3, -0.25) is 4.98 Å². The zero-order valence-corrected chi connectivity index (χ0v) is 19.9. The van der Waals surface area contributed by atoms with Crippen molar-refractivity contribution in [1.82, 2.24) is 9.29 Å². The number of aromatic nitrogens is 1. The van der Waals surface area contributed by atoms with Gasteiger partial charge in [-0.2, -0.15) is 4.31 Å². The van der Waals surface area contributed by atoms with Crippen molar-refractivity contribution < 1.29 is 28.2 Å². The Morgan fingerprint density at radius 2 is 1.71 bits per heavy atom. The summed E-state index contributed by atoms with van der Waals surface area (Å²) in [6.45, 7) is 2.76. The van der Waals surface area contributed by atoms with Crippen molar-refractivity contribution in [3.63, 3.8) is 0 Å². The Hall–Kier alpha value is -3.27. The molecule has 8 nitrogen and oxygen atoms in total. The number of aliphatic hydroxyl groups is 1. The second kappa shape index (κ2) is 10.8. The molecule has 0 bridgehead atoms. The van der Waals surface area contributed by atoms with E-state index in [1.54, 1.807) is 44.2 Å². The third-order valence-corrected chi connectivity index (χ3v) is 7.22. The molecule has 34 heavy (non-hydrogen) atoms. The highest BCUT2D eigenvalue weighted by molar-refractivity contribution is 7.89. The maximum Gasteiger partial charge on any atom is 0.341 e. The number of hydrogen-bond donors (Lipinski definition) is 2. The zero-order chi connectivity index (χ0) is 24.8. The first-order valence-corrected chi connectivity index (χ1v) is 12.1. The minimum absolute atomic E-state index is 0.00826. The van der Waals surface area contributed by atoms with Crippen LogP contribution in [0.5, 0.6) is 5.75 Å². The second-order valence-electron chi connectivity index (χ2n) is 8.46. The molecule has 1 aromatic heterocycles. The van der Waals surface area contributed by atoms with E-state index in [2.05, 4.69) is 4.98 Å². The van der Waals surface area contributed by atoms with E-state index in [4.69, 9.17) is 9.84 Å². The number of benzene rings is 2. The van der Waals surface area contributed by atoms with E-state index in [0.717, 1.165) is 5.56 Å². The van der Waals surface area contributed by atoms with Gasteiger partial charge in [0.15, 0.2) is 6.61 Å². The van der Waals surface area contributed by atoms with Gasteiger partial charge in [0.25, 0.3) is 0 Å². The van der Waals surface area contributed by atoms with Gasteiger partial charge in [-0.25, -0.2) is 13.2 Å². The first-order valence-electron chi connectivity index (χ1n) is 10.7. The topological polar surface area (TPSA) is 117 Å². The summed E-state index contributed by atoms with van der Waals surface area (Å²) in [6.07, 6.45) is 2.80. The van der Waals surface area contributed by atoms with Crippen LogP contribution in [0.4, 0.5) is 0 Å². The lowest BCUT2D eigenvalue weighted by Crippen LogP contribution is -2.33. The van der Waals surface area contributed by atoms with Crippen LogP contribution >= 0.6 is 0 Å². The summed E-state index contributed by atoms with van der Waals surface area (Å²) in [5.74, 6) is -0.838. The van der Waals surface area contributed by atoms with Crippen LogP contribution in [-0.4, -0.2) is 47.1 Å². The molecule has 1 heterocycles. The van der Waals surface area contributed by atoms with Crippen molar-refractivity contribution in [1.29, 1.82) is 0 Å². The molecule has 0 saturated carbocycles. The molecule has 2 N–H and O–H groups in total. The Balaban J connectivity index is 2.08. The summed E-state index contributed by atoms with van der Waals surface area (Å²) in [4.78, 5) is 15.0. The number of pyridine rings is 1. The Morgan fingerprint density at radius 3 is 2.38 bits per heavy atom. The Bertz CT molecular complexity index is 1230. The maximum absolute atomic E-state index is 14.0. The van der Waals surface area contributed by atoms with Gasteiger partial charge >= 0.3 is 5.97 Å². The third kappa shape index (κ3) is 5.99. The molecule has 0 unspecified atom stereocenters. The van der Waals surface area contributed by atoms with Crippen LogP contribution in [0.25, 0.3) is 0 Å². The van der Waals surface area contributed by atoms with E-state index in [1.165, 1.54) is 16.7 Å². The molecular formula is C25H28N2O6S. The molecule has 180 valence electrons. The van der Waals surface area contributed by atoms with Crippen LogP contribution in [-0.2, 0) is 33.3 Å². The molecular weight excluding hydrogens is 456 g/mol. The minimum atomic E-state index is -4.08. The van der Waals surface area contributed by atoms with Gasteiger partial charge in [0, 0.05) is 36.5 Å². The van der Waals surface area contributed by atoms with E-state index < -0.39 is 28.0 Å². The lowest BCUT2D eigenvalue weighted by Gasteiger charge is -2.28. The highest BCUT2D eigenvalue weighted by Gasteiger charge is 2.33. The Morgan fingerprint density at radius 1 is 1.03 bits per heavy atom. The summed E-state index contributed by atoms with van der Waals surface area (Å²) in [5.41, 5.74) is 0.946. The van der Waals surface area contributed by atoms with Crippen LogP contribution < -0.4 is 4.74 Å². The smallest absolute Gasteiger partial charge is 0.341 e. The molecule has 0 fully saturated rings. The SMILES string of the molecule is CC(C)(CO)c1ccncc1S(=O)(=O)N(Cc1ccccc1)Cc1ccccc1OCC(=O)O. The van der Waals surface area contributed by atoms with Gasteiger partial charge < -0.3 is 14.9 Å². The van der Waals surface area contributed by atoms with Gasteiger partial charge in [0.1, 0.15) is 10.6 Å². The van der Waals surface area contributed by atoms with Crippen molar-refractivity contribution in [2.75, 3.05) is 13.2 Å². The first kappa shape index (κ1) is 25.4. The number of rotatable bonds is 11. The summed E-state index contributed by atoms with van der Waals surface area (Å²) in [7, 11) is -4.08. The standard InChI is InChI=1S/C25H28N2O6S/c1-25(2,18-28)21-12-13-26-14-23(21)34(31,32)27(15-19-8-4-3-5-9-19)16-20-10-6-7-11-22(20)33-17-24(29)30/h3-14,28H,15-18H2,1-2H3,(H,29,30). The fourth-order valence-corrected chi connectivity index (χ4v) is 5.21. The number of aliphatic hydroxyl groups excluding tert-OH is 1. The first-order chi connectivity index (χ1) is 16.1. The van der Waals surface area contributed by atoms with Crippen LogP contribution in [0.3, 0.4) is 0 Å². The number of carbonyl (C=O) groups is 1. The lowest BCUT2D eigenvalue weighted by atomic mass is 9.86. The van der Waals surface area contributed by atoms with Crippen molar-refractivity contribution in [3.8, 4) is 5.75 Å². The zero-order valence-electron chi connectivity index (χ0n) is 19.1. The number of aliphatic carboxylic acids is 1. The van der Waals surface area contributed by atoms with Gasteiger partial charge in [-0.1, -0.05) is 62.4 Å². The predicted molar refractivity (Wildman–Crippen MR) is 127 cm³/mol. The lowest BCUT2D eigenvalue weighted by molar-refractivity contribution is -0.139. The average Bonchev–Trinajstić information content (AvgIpc) is 2.83. The fraction of sp³-hybridized carbons (Fsp3) is 0.280. The maximum atomic E-state index is 14.0. The molecule has 9 heteroatoms. The Labute approximate surface area is 199 Å². The van der Waals surface area contributed by atoms with Gasteiger partial charge in [-0.15, -0.1) is 0 Å². The minimum Gasteiger partial charge on any atom is -0.482 e. The molecule has 0 amide bonds. The largest absolute Gasteiger partial charge is 0.482 e. The number of nitrogens with zero attached hydrogens (tertiary/aromatic N) is 2. The molecule has 0 aliphatic heterocycles. The summed E-state index contributed by atoms with van der Waals surface area (Å²) >= 11 is 0. The van der Waals surface area contributed by atoms with Crippen molar-refractivity contribution >= 4 is 16.0 Å². The van der Waals surface area contributed by atoms with Gasteiger partial charge in [0.05, 0.1) is 6.61 Å². The van der Waals surface area contributed by atoms with Gasteiger partial charge in [0.2, 0.25) is 10.0 Å². The number of carboxylic acids is 1. The second-order valence-corrected chi connectivity index (χ2v) is 10.4. The monoisotopic (exact) mass is 484 g/mol.